The van der Waals surface area contributed by atoms with Crippen molar-refractivity contribution >= 4 is 21.6 Å². The second-order valence-electron chi connectivity index (χ2n) is 6.73. The van der Waals surface area contributed by atoms with Gasteiger partial charge in [-0.25, -0.2) is 8.42 Å². The van der Waals surface area contributed by atoms with E-state index >= 15 is 0 Å². The Labute approximate surface area is 172 Å². The van der Waals surface area contributed by atoms with E-state index in [1.165, 1.54) is 16.9 Å². The van der Waals surface area contributed by atoms with Gasteiger partial charge in [-0.2, -0.15) is 0 Å². The molecule has 0 aliphatic heterocycles. The van der Waals surface area contributed by atoms with E-state index in [-0.39, 0.29) is 5.91 Å². The summed E-state index contributed by atoms with van der Waals surface area (Å²) < 4.78 is 35.1. The van der Waals surface area contributed by atoms with E-state index in [1.807, 2.05) is 24.3 Å². The highest BCUT2D eigenvalue weighted by molar-refractivity contribution is 7.92. The number of carbonyl (C=O) groups is 1. The number of ether oxygens (including phenoxy) is 2. The molecule has 0 heterocycles. The number of carbonyl (C=O) groups excluding carboxylic acids is 1. The van der Waals surface area contributed by atoms with Gasteiger partial charge >= 0.3 is 0 Å². The first-order valence-electron chi connectivity index (χ1n) is 9.32. The van der Waals surface area contributed by atoms with Crippen molar-refractivity contribution in [1.82, 2.24) is 5.32 Å². The summed E-state index contributed by atoms with van der Waals surface area (Å²) in [5, 5.41) is 2.87. The minimum atomic E-state index is -3.32. The van der Waals surface area contributed by atoms with Crippen LogP contribution < -0.4 is 19.1 Å². The zero-order valence-corrected chi connectivity index (χ0v) is 18.0. The fourth-order valence-electron chi connectivity index (χ4n) is 2.62. The molecular weight excluding hydrogens is 392 g/mol. The van der Waals surface area contributed by atoms with Crippen molar-refractivity contribution in [3.8, 4) is 11.5 Å². The van der Waals surface area contributed by atoms with Crippen molar-refractivity contribution in [3.63, 3.8) is 0 Å². The third-order valence-electron chi connectivity index (χ3n) is 4.48. The van der Waals surface area contributed by atoms with Crippen LogP contribution in [-0.4, -0.2) is 47.4 Å². The quantitative estimate of drug-likeness (QED) is 0.597. The monoisotopic (exact) mass is 420 g/mol. The van der Waals surface area contributed by atoms with Gasteiger partial charge < -0.3 is 14.8 Å². The lowest BCUT2D eigenvalue weighted by Gasteiger charge is -2.18. The molecule has 0 bridgehead atoms. The lowest BCUT2D eigenvalue weighted by Crippen LogP contribution is -2.36. The second-order valence-corrected chi connectivity index (χ2v) is 8.74. The SMILES string of the molecule is COc1ccc(CCCNC(=O)[C@H](C)Oc2ccc(N(C)S(C)(=O)=O)cc2)cc1. The standard InChI is InChI=1S/C21H28N2O5S/c1-16(28-20-13-9-18(10-14-20)23(2)29(4,25)26)21(24)22-15-5-6-17-7-11-19(27-3)12-8-17/h7-14,16H,5-6,15H2,1-4H3,(H,22,24)/t16-/m0/s1. The molecule has 0 saturated heterocycles. The van der Waals surface area contributed by atoms with Gasteiger partial charge in [0.25, 0.3) is 5.91 Å². The van der Waals surface area contributed by atoms with Crippen LogP contribution in [-0.2, 0) is 21.2 Å². The van der Waals surface area contributed by atoms with Crippen LogP contribution >= 0.6 is 0 Å². The van der Waals surface area contributed by atoms with Crippen molar-refractivity contribution in [2.45, 2.75) is 25.9 Å². The van der Waals surface area contributed by atoms with Crippen molar-refractivity contribution in [2.24, 2.45) is 0 Å². The molecule has 1 N–H and O–H groups in total. The van der Waals surface area contributed by atoms with Gasteiger partial charge in [0, 0.05) is 13.6 Å². The summed E-state index contributed by atoms with van der Waals surface area (Å²) in [6.07, 6.45) is 2.15. The summed E-state index contributed by atoms with van der Waals surface area (Å²) in [6, 6.07) is 14.4. The van der Waals surface area contributed by atoms with Crippen LogP contribution in [0.4, 0.5) is 5.69 Å². The first-order valence-corrected chi connectivity index (χ1v) is 11.2. The van der Waals surface area contributed by atoms with Crippen LogP contribution in [0.2, 0.25) is 0 Å². The number of methoxy groups -OCH3 is 1. The van der Waals surface area contributed by atoms with Gasteiger partial charge in [-0.3, -0.25) is 9.10 Å². The number of sulfonamides is 1. The fraction of sp³-hybridized carbons (Fsp3) is 0.381. The highest BCUT2D eigenvalue weighted by Gasteiger charge is 2.15. The van der Waals surface area contributed by atoms with Crippen LogP contribution in [0.15, 0.2) is 48.5 Å². The molecule has 29 heavy (non-hydrogen) atoms. The number of hydrogen-bond acceptors (Lipinski definition) is 5. The number of benzene rings is 2. The molecule has 1 atom stereocenters. The number of amides is 1. The Balaban J connectivity index is 1.76. The van der Waals surface area contributed by atoms with Gasteiger partial charge in [-0.05, 0) is 61.7 Å². The normalized spacial score (nSPS) is 12.1. The molecular formula is C21H28N2O5S. The minimum Gasteiger partial charge on any atom is -0.497 e. The zero-order valence-electron chi connectivity index (χ0n) is 17.2. The lowest BCUT2D eigenvalue weighted by atomic mass is 10.1. The average molecular weight is 421 g/mol. The number of nitrogens with one attached hydrogen (secondary N) is 1. The average Bonchev–Trinajstić information content (AvgIpc) is 2.70. The minimum absolute atomic E-state index is 0.197. The second kappa shape index (κ2) is 10.2. The maximum atomic E-state index is 12.2. The van der Waals surface area contributed by atoms with Crippen LogP contribution in [0.5, 0.6) is 11.5 Å². The smallest absolute Gasteiger partial charge is 0.260 e. The Hall–Kier alpha value is -2.74. The maximum absolute atomic E-state index is 12.2. The van der Waals surface area contributed by atoms with Gasteiger partial charge in [-0.1, -0.05) is 12.1 Å². The highest BCUT2D eigenvalue weighted by atomic mass is 32.2. The molecule has 8 heteroatoms. The Morgan fingerprint density at radius 3 is 2.21 bits per heavy atom. The van der Waals surface area contributed by atoms with Crippen molar-refractivity contribution in [1.29, 1.82) is 0 Å². The molecule has 0 unspecified atom stereocenters. The Bertz CT molecular complexity index is 896. The van der Waals surface area contributed by atoms with E-state index in [2.05, 4.69) is 5.32 Å². The molecule has 0 fully saturated rings. The van der Waals surface area contributed by atoms with Gasteiger partial charge in [0.2, 0.25) is 10.0 Å². The first-order chi connectivity index (χ1) is 13.7. The third kappa shape index (κ3) is 6.98. The first kappa shape index (κ1) is 22.5. The van der Waals surface area contributed by atoms with Crippen molar-refractivity contribution in [2.75, 3.05) is 31.3 Å². The molecule has 0 aromatic heterocycles. The molecule has 2 rings (SSSR count). The lowest BCUT2D eigenvalue weighted by molar-refractivity contribution is -0.127. The molecule has 7 nitrogen and oxygen atoms in total. The van der Waals surface area contributed by atoms with Crippen LogP contribution in [0.1, 0.15) is 18.9 Å². The number of hydrogen-bond donors (Lipinski definition) is 1. The highest BCUT2D eigenvalue weighted by Crippen LogP contribution is 2.21. The summed E-state index contributed by atoms with van der Waals surface area (Å²) in [5.74, 6) is 1.12. The molecule has 0 spiro atoms. The molecule has 2 aromatic carbocycles. The Kier molecular flexibility index (Phi) is 7.90. The topological polar surface area (TPSA) is 84.9 Å². The number of aryl methyl sites for hydroxylation is 1. The number of rotatable bonds is 10. The summed E-state index contributed by atoms with van der Waals surface area (Å²) >= 11 is 0. The van der Waals surface area contributed by atoms with Gasteiger partial charge in [-0.15, -0.1) is 0 Å². The summed E-state index contributed by atoms with van der Waals surface area (Å²) in [7, 11) is -0.205. The molecule has 0 aliphatic carbocycles. The van der Waals surface area contributed by atoms with E-state index in [0.29, 0.717) is 18.0 Å². The molecule has 0 radical (unpaired) electrons. The van der Waals surface area contributed by atoms with E-state index in [4.69, 9.17) is 9.47 Å². The molecule has 0 aliphatic rings. The van der Waals surface area contributed by atoms with E-state index in [9.17, 15) is 13.2 Å². The van der Waals surface area contributed by atoms with Gasteiger partial charge in [0.15, 0.2) is 6.10 Å². The van der Waals surface area contributed by atoms with E-state index in [1.54, 1.807) is 38.3 Å². The van der Waals surface area contributed by atoms with Gasteiger partial charge in [0.05, 0.1) is 19.1 Å². The predicted molar refractivity (Wildman–Crippen MR) is 114 cm³/mol. The molecule has 158 valence electrons. The molecule has 0 saturated carbocycles. The number of nitrogens with zero attached hydrogens (tertiary/aromatic N) is 1. The zero-order chi connectivity index (χ0) is 21.4. The predicted octanol–water partition coefficient (Wildman–Crippen LogP) is 2.61. The Morgan fingerprint density at radius 1 is 1.07 bits per heavy atom. The van der Waals surface area contributed by atoms with Crippen molar-refractivity contribution < 1.29 is 22.7 Å². The van der Waals surface area contributed by atoms with E-state index in [0.717, 1.165) is 24.8 Å². The van der Waals surface area contributed by atoms with E-state index < -0.39 is 16.1 Å². The molecule has 2 aromatic rings. The van der Waals surface area contributed by atoms with Crippen LogP contribution in [0.3, 0.4) is 0 Å². The summed E-state index contributed by atoms with van der Waals surface area (Å²) in [5.41, 5.74) is 1.71. The third-order valence-corrected chi connectivity index (χ3v) is 5.69. The summed E-state index contributed by atoms with van der Waals surface area (Å²) in [4.78, 5) is 12.2. The summed E-state index contributed by atoms with van der Waals surface area (Å²) in [6.45, 7) is 2.23. The van der Waals surface area contributed by atoms with Crippen LogP contribution in [0.25, 0.3) is 0 Å². The fourth-order valence-corrected chi connectivity index (χ4v) is 3.13. The van der Waals surface area contributed by atoms with Crippen LogP contribution in [0, 0.1) is 0 Å². The maximum Gasteiger partial charge on any atom is 0.260 e. The Morgan fingerprint density at radius 2 is 1.66 bits per heavy atom. The number of anilines is 1. The molecule has 1 amide bonds. The largest absolute Gasteiger partial charge is 0.497 e. The van der Waals surface area contributed by atoms with Gasteiger partial charge in [0.1, 0.15) is 11.5 Å². The van der Waals surface area contributed by atoms with Crippen molar-refractivity contribution in [3.05, 3.63) is 54.1 Å².